The van der Waals surface area contributed by atoms with Crippen LogP contribution in [0.1, 0.15) is 21.7 Å². The zero-order valence-corrected chi connectivity index (χ0v) is 11.3. The van der Waals surface area contributed by atoms with E-state index in [1.165, 1.54) is 6.26 Å². The van der Waals surface area contributed by atoms with Crippen molar-refractivity contribution in [3.63, 3.8) is 0 Å². The summed E-state index contributed by atoms with van der Waals surface area (Å²) in [6.45, 7) is 2.01. The summed E-state index contributed by atoms with van der Waals surface area (Å²) < 4.78 is 5.31. The second-order valence-electron chi connectivity index (χ2n) is 4.09. The molecule has 5 N–H and O–H groups in total. The SMILES string of the molecule is Cc1cc(N)ccc1SCc1cc(C(=O)NN)co1. The molecule has 100 valence electrons. The molecule has 0 aliphatic heterocycles. The summed E-state index contributed by atoms with van der Waals surface area (Å²) in [6, 6.07) is 7.45. The Hall–Kier alpha value is -1.92. The number of nitrogens with one attached hydrogen (secondary N) is 1. The number of hydrogen-bond acceptors (Lipinski definition) is 5. The van der Waals surface area contributed by atoms with Crippen molar-refractivity contribution >= 4 is 23.4 Å². The lowest BCUT2D eigenvalue weighted by atomic mass is 10.2. The van der Waals surface area contributed by atoms with Gasteiger partial charge in [-0.3, -0.25) is 10.2 Å². The van der Waals surface area contributed by atoms with Gasteiger partial charge in [0, 0.05) is 10.6 Å². The summed E-state index contributed by atoms with van der Waals surface area (Å²) in [7, 11) is 0. The highest BCUT2D eigenvalue weighted by Crippen LogP contribution is 2.27. The number of furan rings is 1. The molecule has 0 unspecified atom stereocenters. The number of hydrazine groups is 1. The van der Waals surface area contributed by atoms with E-state index in [1.807, 2.05) is 25.1 Å². The first-order chi connectivity index (χ1) is 9.10. The van der Waals surface area contributed by atoms with Crippen molar-refractivity contribution in [3.8, 4) is 0 Å². The topological polar surface area (TPSA) is 94.3 Å². The molecule has 0 radical (unpaired) electrons. The van der Waals surface area contributed by atoms with Crippen LogP contribution in [0.5, 0.6) is 0 Å². The highest BCUT2D eigenvalue weighted by Gasteiger charge is 2.09. The normalized spacial score (nSPS) is 10.4. The summed E-state index contributed by atoms with van der Waals surface area (Å²) in [5, 5.41) is 0. The van der Waals surface area contributed by atoms with E-state index in [9.17, 15) is 4.79 Å². The molecule has 5 nitrogen and oxygen atoms in total. The van der Waals surface area contributed by atoms with Crippen LogP contribution in [-0.2, 0) is 5.75 Å². The molecule has 2 rings (SSSR count). The molecule has 19 heavy (non-hydrogen) atoms. The number of nitrogens with two attached hydrogens (primary N) is 2. The summed E-state index contributed by atoms with van der Waals surface area (Å²) in [4.78, 5) is 12.4. The van der Waals surface area contributed by atoms with Crippen molar-refractivity contribution in [2.75, 3.05) is 5.73 Å². The van der Waals surface area contributed by atoms with Crippen molar-refractivity contribution in [1.29, 1.82) is 0 Å². The maximum absolute atomic E-state index is 11.3. The van der Waals surface area contributed by atoms with E-state index in [0.29, 0.717) is 11.3 Å². The van der Waals surface area contributed by atoms with E-state index in [4.69, 9.17) is 16.0 Å². The van der Waals surface area contributed by atoms with Gasteiger partial charge in [-0.1, -0.05) is 0 Å². The van der Waals surface area contributed by atoms with Gasteiger partial charge in [0.05, 0.1) is 11.3 Å². The van der Waals surface area contributed by atoms with Crippen LogP contribution in [0.3, 0.4) is 0 Å². The largest absolute Gasteiger partial charge is 0.468 e. The lowest BCUT2D eigenvalue weighted by molar-refractivity contribution is 0.0953. The minimum absolute atomic E-state index is 0.358. The fraction of sp³-hybridized carbons (Fsp3) is 0.154. The average molecular weight is 277 g/mol. The molecule has 0 saturated heterocycles. The maximum atomic E-state index is 11.3. The molecule has 0 atom stereocenters. The zero-order chi connectivity index (χ0) is 13.8. The van der Waals surface area contributed by atoms with Crippen LogP contribution in [0, 0.1) is 6.92 Å². The van der Waals surface area contributed by atoms with Gasteiger partial charge in [0.2, 0.25) is 0 Å². The molecule has 1 amide bonds. The van der Waals surface area contributed by atoms with Crippen molar-refractivity contribution in [2.45, 2.75) is 17.6 Å². The molecular weight excluding hydrogens is 262 g/mol. The van der Waals surface area contributed by atoms with Gasteiger partial charge in [-0.25, -0.2) is 5.84 Å². The van der Waals surface area contributed by atoms with Crippen LogP contribution >= 0.6 is 11.8 Å². The lowest BCUT2D eigenvalue weighted by Crippen LogP contribution is -2.29. The molecule has 6 heteroatoms. The van der Waals surface area contributed by atoms with Crippen LogP contribution in [0.4, 0.5) is 5.69 Å². The summed E-state index contributed by atoms with van der Waals surface area (Å²) in [6.07, 6.45) is 1.40. The number of benzene rings is 1. The smallest absolute Gasteiger partial charge is 0.268 e. The number of carbonyl (C=O) groups excluding carboxylic acids is 1. The third kappa shape index (κ3) is 3.30. The Morgan fingerprint density at radius 1 is 1.42 bits per heavy atom. The molecular formula is C13H15N3O2S. The maximum Gasteiger partial charge on any atom is 0.268 e. The summed E-state index contributed by atoms with van der Waals surface area (Å²) in [5.41, 5.74) is 10.1. The number of amides is 1. The molecule has 1 heterocycles. The van der Waals surface area contributed by atoms with Gasteiger partial charge < -0.3 is 10.2 Å². The Balaban J connectivity index is 2.02. The Morgan fingerprint density at radius 2 is 2.21 bits per heavy atom. The van der Waals surface area contributed by atoms with Crippen LogP contribution in [-0.4, -0.2) is 5.91 Å². The van der Waals surface area contributed by atoms with Crippen molar-refractivity contribution in [1.82, 2.24) is 5.43 Å². The third-order valence-corrected chi connectivity index (χ3v) is 3.81. The Labute approximate surface area is 115 Å². The number of hydrogen-bond donors (Lipinski definition) is 3. The number of thioether (sulfide) groups is 1. The number of rotatable bonds is 4. The Bertz CT molecular complexity index is 595. The average Bonchev–Trinajstić information content (AvgIpc) is 2.85. The van der Waals surface area contributed by atoms with Gasteiger partial charge in [0.1, 0.15) is 12.0 Å². The van der Waals surface area contributed by atoms with E-state index in [2.05, 4.69) is 5.43 Å². The fourth-order valence-electron chi connectivity index (χ4n) is 1.64. The van der Waals surface area contributed by atoms with Crippen LogP contribution < -0.4 is 17.0 Å². The zero-order valence-electron chi connectivity index (χ0n) is 10.5. The predicted molar refractivity (Wildman–Crippen MR) is 75.5 cm³/mol. The first-order valence-corrected chi connectivity index (χ1v) is 6.66. The molecule has 0 saturated carbocycles. The fourth-order valence-corrected chi connectivity index (χ4v) is 2.54. The quantitative estimate of drug-likeness (QED) is 0.261. The van der Waals surface area contributed by atoms with E-state index in [1.54, 1.807) is 17.8 Å². The summed E-state index contributed by atoms with van der Waals surface area (Å²) in [5.74, 6) is 6.06. The first-order valence-electron chi connectivity index (χ1n) is 5.67. The van der Waals surface area contributed by atoms with E-state index in [-0.39, 0.29) is 5.91 Å². The molecule has 0 aliphatic rings. The standard InChI is InChI=1S/C13H15N3O2S/c1-8-4-10(14)2-3-12(8)19-7-11-5-9(6-18-11)13(17)16-15/h2-6H,7,14-15H2,1H3,(H,16,17). The monoisotopic (exact) mass is 277 g/mol. The Morgan fingerprint density at radius 3 is 2.89 bits per heavy atom. The highest BCUT2D eigenvalue weighted by atomic mass is 32.2. The molecule has 2 aromatic rings. The predicted octanol–water partition coefficient (Wildman–Crippen LogP) is 2.07. The van der Waals surface area contributed by atoms with Gasteiger partial charge in [0.15, 0.2) is 0 Å². The summed E-state index contributed by atoms with van der Waals surface area (Å²) >= 11 is 1.63. The number of aryl methyl sites for hydroxylation is 1. The van der Waals surface area contributed by atoms with Gasteiger partial charge >= 0.3 is 0 Å². The minimum Gasteiger partial charge on any atom is -0.468 e. The second-order valence-corrected chi connectivity index (χ2v) is 5.11. The van der Waals surface area contributed by atoms with Gasteiger partial charge in [-0.2, -0.15) is 0 Å². The molecule has 0 bridgehead atoms. The van der Waals surface area contributed by atoms with Gasteiger partial charge in [0.25, 0.3) is 5.91 Å². The van der Waals surface area contributed by atoms with Crippen LogP contribution in [0.15, 0.2) is 39.8 Å². The number of nitrogen functional groups attached to an aromatic ring is 2. The highest BCUT2D eigenvalue weighted by molar-refractivity contribution is 7.98. The van der Waals surface area contributed by atoms with E-state index in [0.717, 1.165) is 21.9 Å². The van der Waals surface area contributed by atoms with Gasteiger partial charge in [-0.15, -0.1) is 11.8 Å². The van der Waals surface area contributed by atoms with Crippen LogP contribution in [0.25, 0.3) is 0 Å². The minimum atomic E-state index is -0.358. The molecule has 1 aromatic heterocycles. The van der Waals surface area contributed by atoms with Gasteiger partial charge in [-0.05, 0) is 36.8 Å². The molecule has 0 aliphatic carbocycles. The van der Waals surface area contributed by atoms with Crippen molar-refractivity contribution in [3.05, 3.63) is 47.4 Å². The molecule has 0 spiro atoms. The van der Waals surface area contributed by atoms with Crippen molar-refractivity contribution in [2.24, 2.45) is 5.84 Å². The molecule has 1 aromatic carbocycles. The molecule has 0 fully saturated rings. The third-order valence-electron chi connectivity index (χ3n) is 2.62. The Kier molecular flexibility index (Phi) is 4.13. The first kappa shape index (κ1) is 13.5. The second kappa shape index (κ2) is 5.81. The number of anilines is 1. The van der Waals surface area contributed by atoms with E-state index >= 15 is 0 Å². The van der Waals surface area contributed by atoms with Crippen molar-refractivity contribution < 1.29 is 9.21 Å². The van der Waals surface area contributed by atoms with E-state index < -0.39 is 0 Å². The lowest BCUT2D eigenvalue weighted by Gasteiger charge is -2.04. The van der Waals surface area contributed by atoms with Crippen LogP contribution in [0.2, 0.25) is 0 Å². The number of carbonyl (C=O) groups is 1.